The number of morpholine rings is 1. The molecule has 0 radical (unpaired) electrons. The predicted molar refractivity (Wildman–Crippen MR) is 95.9 cm³/mol. The van der Waals surface area contributed by atoms with Crippen molar-refractivity contribution in [2.24, 2.45) is 0 Å². The minimum absolute atomic E-state index is 0.000845. The number of carbonyl (C=O) groups is 2. The lowest BCUT2D eigenvalue weighted by Crippen LogP contribution is -2.42. The number of carbonyl (C=O) groups excluding carboxylic acids is 2. The van der Waals surface area contributed by atoms with Crippen LogP contribution < -0.4 is 15.8 Å². The van der Waals surface area contributed by atoms with Crippen LogP contribution in [0, 0.1) is 5.82 Å². The third-order valence-corrected chi connectivity index (χ3v) is 4.84. The molecule has 1 aromatic carbocycles. The molecule has 0 aliphatic carbocycles. The summed E-state index contributed by atoms with van der Waals surface area (Å²) < 4.78 is 18.9. The van der Waals surface area contributed by atoms with Gasteiger partial charge in [0.05, 0.1) is 30.9 Å². The van der Waals surface area contributed by atoms with Crippen LogP contribution in [0.15, 0.2) is 23.6 Å². The van der Waals surface area contributed by atoms with Crippen LogP contribution in [0.1, 0.15) is 16.1 Å². The van der Waals surface area contributed by atoms with E-state index in [2.05, 4.69) is 20.7 Å². The molecule has 2 aromatic rings. The number of benzene rings is 1. The van der Waals surface area contributed by atoms with Crippen molar-refractivity contribution < 1.29 is 18.7 Å². The summed E-state index contributed by atoms with van der Waals surface area (Å²) in [7, 11) is 0. The average Bonchev–Trinajstić information content (AvgIpc) is 3.11. The largest absolute Gasteiger partial charge is 0.378 e. The Kier molecular flexibility index (Phi) is 6.02. The molecule has 0 bridgehead atoms. The van der Waals surface area contributed by atoms with E-state index in [1.165, 1.54) is 23.5 Å². The highest BCUT2D eigenvalue weighted by Gasteiger charge is 2.17. The van der Waals surface area contributed by atoms with Gasteiger partial charge in [-0.05, 0) is 18.2 Å². The lowest BCUT2D eigenvalue weighted by atomic mass is 10.2. The van der Waals surface area contributed by atoms with E-state index in [4.69, 9.17) is 16.3 Å². The van der Waals surface area contributed by atoms with E-state index in [0.29, 0.717) is 18.9 Å². The number of nitrogens with zero attached hydrogens (tertiary/aromatic N) is 2. The van der Waals surface area contributed by atoms with E-state index < -0.39 is 17.6 Å². The first-order chi connectivity index (χ1) is 12.5. The van der Waals surface area contributed by atoms with Gasteiger partial charge in [0.1, 0.15) is 5.82 Å². The summed E-state index contributed by atoms with van der Waals surface area (Å²) in [6.07, 6.45) is -0.000845. The Bertz CT molecular complexity index is 811. The molecule has 138 valence electrons. The second kappa shape index (κ2) is 8.43. The molecule has 0 saturated carbocycles. The molecule has 0 spiro atoms. The molecule has 2 N–H and O–H groups in total. The Hall–Kier alpha value is -2.23. The van der Waals surface area contributed by atoms with Gasteiger partial charge in [-0.2, -0.15) is 0 Å². The molecule has 3 rings (SSSR count). The molecule has 1 fully saturated rings. The minimum atomic E-state index is -0.786. The zero-order chi connectivity index (χ0) is 18.5. The summed E-state index contributed by atoms with van der Waals surface area (Å²) in [5.74, 6) is -1.97. The van der Waals surface area contributed by atoms with Crippen LogP contribution in [0.4, 0.5) is 9.52 Å². The Morgan fingerprint density at radius 1 is 1.31 bits per heavy atom. The van der Waals surface area contributed by atoms with Gasteiger partial charge in [0.15, 0.2) is 5.13 Å². The quantitative estimate of drug-likeness (QED) is 0.767. The standard InChI is InChI=1S/C16H16ClFN4O3S/c17-10-1-2-13(18)12(7-10)15(24)21-20-14(23)8-11-9-26-16(19-11)22-3-5-25-6-4-22/h1-2,7,9H,3-6,8H2,(H,20,23)(H,21,24). The molecule has 1 aliphatic rings. The maximum absolute atomic E-state index is 13.6. The summed E-state index contributed by atoms with van der Waals surface area (Å²) in [5, 5.41) is 2.85. The number of hydrazine groups is 1. The molecule has 2 heterocycles. The highest BCUT2D eigenvalue weighted by molar-refractivity contribution is 7.13. The molecular formula is C16H16ClFN4O3S. The smallest absolute Gasteiger partial charge is 0.272 e. The van der Waals surface area contributed by atoms with Crippen molar-refractivity contribution in [2.45, 2.75) is 6.42 Å². The van der Waals surface area contributed by atoms with Gasteiger partial charge in [-0.15, -0.1) is 11.3 Å². The maximum Gasteiger partial charge on any atom is 0.272 e. The summed E-state index contributed by atoms with van der Waals surface area (Å²) in [6, 6.07) is 3.61. The molecule has 1 aliphatic heterocycles. The Balaban J connectivity index is 1.52. The SMILES string of the molecule is O=C(Cc1csc(N2CCOCC2)n1)NNC(=O)c1cc(Cl)ccc1F. The van der Waals surface area contributed by atoms with Crippen LogP contribution >= 0.6 is 22.9 Å². The average molecular weight is 399 g/mol. The molecule has 1 saturated heterocycles. The molecule has 10 heteroatoms. The first kappa shape index (κ1) is 18.6. The fourth-order valence-corrected chi connectivity index (χ4v) is 3.40. The Morgan fingerprint density at radius 3 is 2.85 bits per heavy atom. The molecular weight excluding hydrogens is 383 g/mol. The van der Waals surface area contributed by atoms with Gasteiger partial charge in [0, 0.05) is 23.5 Å². The van der Waals surface area contributed by atoms with Gasteiger partial charge in [-0.3, -0.25) is 20.4 Å². The van der Waals surface area contributed by atoms with Crippen molar-refractivity contribution in [3.05, 3.63) is 45.7 Å². The van der Waals surface area contributed by atoms with Gasteiger partial charge < -0.3 is 9.64 Å². The normalized spacial score (nSPS) is 14.2. The number of thiazole rings is 1. The van der Waals surface area contributed by atoms with Crippen molar-refractivity contribution in [3.8, 4) is 0 Å². The van der Waals surface area contributed by atoms with Gasteiger partial charge in [-0.25, -0.2) is 9.37 Å². The molecule has 2 amide bonds. The molecule has 7 nitrogen and oxygen atoms in total. The van der Waals surface area contributed by atoms with Crippen LogP contribution in [0.2, 0.25) is 5.02 Å². The van der Waals surface area contributed by atoms with Crippen LogP contribution in [-0.4, -0.2) is 43.1 Å². The molecule has 0 unspecified atom stereocenters. The second-order valence-electron chi connectivity index (χ2n) is 5.52. The number of anilines is 1. The summed E-state index contributed by atoms with van der Waals surface area (Å²) in [5.41, 5.74) is 4.76. The van der Waals surface area contributed by atoms with Crippen molar-refractivity contribution in [2.75, 3.05) is 31.2 Å². The minimum Gasteiger partial charge on any atom is -0.378 e. The summed E-state index contributed by atoms with van der Waals surface area (Å²) in [6.45, 7) is 2.84. The summed E-state index contributed by atoms with van der Waals surface area (Å²) >= 11 is 7.19. The molecule has 0 atom stereocenters. The number of rotatable bonds is 4. The maximum atomic E-state index is 13.6. The van der Waals surface area contributed by atoms with Gasteiger partial charge in [0.2, 0.25) is 5.91 Å². The monoisotopic (exact) mass is 398 g/mol. The highest BCUT2D eigenvalue weighted by Crippen LogP contribution is 2.21. The van der Waals surface area contributed by atoms with Crippen molar-refractivity contribution in [1.29, 1.82) is 0 Å². The summed E-state index contributed by atoms with van der Waals surface area (Å²) in [4.78, 5) is 30.4. The Labute approximate surface area is 158 Å². The van der Waals surface area contributed by atoms with Crippen LogP contribution in [0.5, 0.6) is 0 Å². The number of hydrogen-bond donors (Lipinski definition) is 2. The van der Waals surface area contributed by atoms with Crippen molar-refractivity contribution in [3.63, 3.8) is 0 Å². The van der Waals surface area contributed by atoms with E-state index >= 15 is 0 Å². The van der Waals surface area contributed by atoms with E-state index in [-0.39, 0.29) is 17.0 Å². The fraction of sp³-hybridized carbons (Fsp3) is 0.312. The fourth-order valence-electron chi connectivity index (χ4n) is 2.35. The van der Waals surface area contributed by atoms with Crippen LogP contribution in [0.25, 0.3) is 0 Å². The van der Waals surface area contributed by atoms with Crippen molar-refractivity contribution >= 4 is 39.9 Å². The van der Waals surface area contributed by atoms with E-state index in [9.17, 15) is 14.0 Å². The zero-order valence-corrected chi connectivity index (χ0v) is 15.2. The topological polar surface area (TPSA) is 83.6 Å². The number of nitrogens with one attached hydrogen (secondary N) is 2. The number of hydrogen-bond acceptors (Lipinski definition) is 6. The number of ether oxygens (including phenoxy) is 1. The van der Waals surface area contributed by atoms with Crippen LogP contribution in [0.3, 0.4) is 0 Å². The lowest BCUT2D eigenvalue weighted by molar-refractivity contribution is -0.121. The predicted octanol–water partition coefficient (Wildman–Crippen LogP) is 1.78. The van der Waals surface area contributed by atoms with Crippen LogP contribution in [-0.2, 0) is 16.0 Å². The van der Waals surface area contributed by atoms with E-state index in [1.807, 2.05) is 0 Å². The number of amides is 2. The zero-order valence-electron chi connectivity index (χ0n) is 13.6. The first-order valence-electron chi connectivity index (χ1n) is 7.84. The third kappa shape index (κ3) is 4.69. The lowest BCUT2D eigenvalue weighted by Gasteiger charge is -2.26. The van der Waals surface area contributed by atoms with Gasteiger partial charge >= 0.3 is 0 Å². The highest BCUT2D eigenvalue weighted by atomic mass is 35.5. The second-order valence-corrected chi connectivity index (χ2v) is 6.80. The molecule has 1 aromatic heterocycles. The van der Waals surface area contributed by atoms with Gasteiger partial charge in [-0.1, -0.05) is 11.6 Å². The number of aromatic nitrogens is 1. The third-order valence-electron chi connectivity index (χ3n) is 3.65. The van der Waals surface area contributed by atoms with E-state index in [1.54, 1.807) is 5.38 Å². The van der Waals surface area contributed by atoms with E-state index in [0.717, 1.165) is 24.3 Å². The molecule has 26 heavy (non-hydrogen) atoms. The first-order valence-corrected chi connectivity index (χ1v) is 9.10. The van der Waals surface area contributed by atoms with Crippen molar-refractivity contribution in [1.82, 2.24) is 15.8 Å². The Morgan fingerprint density at radius 2 is 2.08 bits per heavy atom. The number of halogens is 2. The van der Waals surface area contributed by atoms with Gasteiger partial charge in [0.25, 0.3) is 5.91 Å².